The summed E-state index contributed by atoms with van der Waals surface area (Å²) in [5.74, 6) is 1.33. The third-order valence-electron chi connectivity index (χ3n) is 3.78. The van der Waals surface area contributed by atoms with Gasteiger partial charge in [0, 0.05) is 12.6 Å². The van der Waals surface area contributed by atoms with E-state index in [0.29, 0.717) is 23.1 Å². The predicted octanol–water partition coefficient (Wildman–Crippen LogP) is 2.46. The molecule has 1 saturated carbocycles. The van der Waals surface area contributed by atoms with Crippen molar-refractivity contribution in [2.24, 2.45) is 0 Å². The van der Waals surface area contributed by atoms with Gasteiger partial charge in [-0.15, -0.1) is 0 Å². The molecule has 1 aliphatic heterocycles. The molecule has 2 atom stereocenters. The molecule has 2 unspecified atom stereocenters. The van der Waals surface area contributed by atoms with Gasteiger partial charge in [0.1, 0.15) is 0 Å². The molecular weight excluding hydrogens is 266 g/mol. The highest BCUT2D eigenvalue weighted by Gasteiger charge is 2.23. The molecule has 0 radical (unpaired) electrons. The van der Waals surface area contributed by atoms with E-state index in [2.05, 4.69) is 5.32 Å². The molecule has 104 valence electrons. The Morgan fingerprint density at radius 2 is 2.11 bits per heavy atom. The van der Waals surface area contributed by atoms with Gasteiger partial charge in [-0.05, 0) is 30.5 Å². The van der Waals surface area contributed by atoms with Crippen molar-refractivity contribution in [3.05, 3.63) is 22.7 Å². The lowest BCUT2D eigenvalue weighted by molar-refractivity contribution is 0.0902. The summed E-state index contributed by atoms with van der Waals surface area (Å²) < 4.78 is 10.6. The first-order valence-electron chi connectivity index (χ1n) is 6.73. The fraction of sp³-hybridized carbons (Fsp3) is 0.571. The normalized spacial score (nSPS) is 25.6. The van der Waals surface area contributed by atoms with Gasteiger partial charge < -0.3 is 19.9 Å². The van der Waals surface area contributed by atoms with Crippen molar-refractivity contribution in [2.75, 3.05) is 6.79 Å². The van der Waals surface area contributed by atoms with E-state index >= 15 is 0 Å². The van der Waals surface area contributed by atoms with Crippen molar-refractivity contribution in [3.63, 3.8) is 0 Å². The Morgan fingerprint density at radius 3 is 2.95 bits per heavy atom. The molecule has 5 heteroatoms. The minimum atomic E-state index is -0.238. The molecular formula is C14H18ClNO3. The van der Waals surface area contributed by atoms with Crippen LogP contribution in [0.2, 0.25) is 5.02 Å². The number of benzene rings is 1. The minimum absolute atomic E-state index is 0.179. The smallest absolute Gasteiger partial charge is 0.231 e. The lowest BCUT2D eigenvalue weighted by Gasteiger charge is -2.28. The number of hydrogen-bond acceptors (Lipinski definition) is 4. The first-order chi connectivity index (χ1) is 9.24. The lowest BCUT2D eigenvalue weighted by Crippen LogP contribution is -2.41. The maximum atomic E-state index is 9.92. The predicted molar refractivity (Wildman–Crippen MR) is 72.7 cm³/mol. The maximum Gasteiger partial charge on any atom is 0.231 e. The summed E-state index contributed by atoms with van der Waals surface area (Å²) in [6, 6.07) is 4.01. The van der Waals surface area contributed by atoms with Gasteiger partial charge in [0.15, 0.2) is 11.5 Å². The van der Waals surface area contributed by atoms with Crippen LogP contribution in [0.3, 0.4) is 0 Å². The zero-order valence-corrected chi connectivity index (χ0v) is 11.4. The number of aliphatic hydroxyl groups excluding tert-OH is 1. The molecule has 1 fully saturated rings. The summed E-state index contributed by atoms with van der Waals surface area (Å²) in [6.07, 6.45) is 3.98. The molecule has 0 aromatic heterocycles. The van der Waals surface area contributed by atoms with E-state index in [1.165, 1.54) is 6.42 Å². The van der Waals surface area contributed by atoms with Gasteiger partial charge in [0.2, 0.25) is 6.79 Å². The molecule has 0 bridgehead atoms. The Hall–Kier alpha value is -0.970. The quantitative estimate of drug-likeness (QED) is 0.895. The summed E-state index contributed by atoms with van der Waals surface area (Å²) in [7, 11) is 0. The molecule has 0 spiro atoms. The zero-order chi connectivity index (χ0) is 13.2. The van der Waals surface area contributed by atoms with Crippen LogP contribution in [0.25, 0.3) is 0 Å². The van der Waals surface area contributed by atoms with Crippen molar-refractivity contribution in [1.29, 1.82) is 0 Å². The molecule has 2 N–H and O–H groups in total. The monoisotopic (exact) mass is 283 g/mol. The highest BCUT2D eigenvalue weighted by atomic mass is 35.5. The minimum Gasteiger partial charge on any atom is -0.454 e. The first kappa shape index (κ1) is 13.0. The van der Waals surface area contributed by atoms with Crippen LogP contribution in [0.1, 0.15) is 31.2 Å². The highest BCUT2D eigenvalue weighted by Crippen LogP contribution is 2.39. The highest BCUT2D eigenvalue weighted by molar-refractivity contribution is 6.32. The van der Waals surface area contributed by atoms with Crippen LogP contribution in [0.4, 0.5) is 0 Å². The Morgan fingerprint density at radius 1 is 1.26 bits per heavy atom. The molecule has 1 aliphatic carbocycles. The van der Waals surface area contributed by atoms with Gasteiger partial charge >= 0.3 is 0 Å². The number of ether oxygens (including phenoxy) is 2. The topological polar surface area (TPSA) is 50.7 Å². The molecule has 1 heterocycles. The Bertz CT molecular complexity index is 466. The van der Waals surface area contributed by atoms with Gasteiger partial charge in [-0.25, -0.2) is 0 Å². The average molecular weight is 284 g/mol. The molecule has 0 saturated heterocycles. The maximum absolute atomic E-state index is 9.92. The fourth-order valence-electron chi connectivity index (χ4n) is 2.72. The van der Waals surface area contributed by atoms with Crippen LogP contribution in [0.15, 0.2) is 12.1 Å². The number of aliphatic hydroxyl groups is 1. The van der Waals surface area contributed by atoms with Gasteiger partial charge in [-0.1, -0.05) is 24.4 Å². The third kappa shape index (κ3) is 2.81. The molecule has 2 aliphatic rings. The molecule has 1 aromatic carbocycles. The Labute approximate surface area is 117 Å². The van der Waals surface area contributed by atoms with Crippen LogP contribution in [0.5, 0.6) is 11.5 Å². The van der Waals surface area contributed by atoms with Crippen LogP contribution in [-0.2, 0) is 6.54 Å². The van der Waals surface area contributed by atoms with E-state index in [-0.39, 0.29) is 18.9 Å². The van der Waals surface area contributed by atoms with Gasteiger partial charge in [0.25, 0.3) is 0 Å². The van der Waals surface area contributed by atoms with Crippen molar-refractivity contribution < 1.29 is 14.6 Å². The van der Waals surface area contributed by atoms with E-state index in [1.54, 1.807) is 0 Å². The molecule has 3 rings (SSSR count). The van der Waals surface area contributed by atoms with Gasteiger partial charge in [0.05, 0.1) is 11.1 Å². The lowest BCUT2D eigenvalue weighted by atomic mass is 9.92. The van der Waals surface area contributed by atoms with E-state index in [9.17, 15) is 5.11 Å². The zero-order valence-electron chi connectivity index (χ0n) is 10.7. The summed E-state index contributed by atoms with van der Waals surface area (Å²) in [6.45, 7) is 0.908. The molecule has 1 aromatic rings. The van der Waals surface area contributed by atoms with E-state index in [0.717, 1.165) is 24.8 Å². The van der Waals surface area contributed by atoms with E-state index in [4.69, 9.17) is 21.1 Å². The summed E-state index contributed by atoms with van der Waals surface area (Å²) in [5, 5.41) is 13.9. The largest absolute Gasteiger partial charge is 0.454 e. The Kier molecular flexibility index (Phi) is 3.82. The number of nitrogens with one attached hydrogen (secondary N) is 1. The SMILES string of the molecule is OC1CCCCC1NCc1cc(Cl)c2c(c1)OCO2. The van der Waals surface area contributed by atoms with E-state index in [1.807, 2.05) is 12.1 Å². The fourth-order valence-corrected chi connectivity index (χ4v) is 3.01. The number of hydrogen-bond donors (Lipinski definition) is 2. The van der Waals surface area contributed by atoms with Crippen molar-refractivity contribution >= 4 is 11.6 Å². The van der Waals surface area contributed by atoms with Crippen molar-refractivity contribution in [1.82, 2.24) is 5.32 Å². The van der Waals surface area contributed by atoms with Crippen molar-refractivity contribution in [2.45, 2.75) is 44.4 Å². The van der Waals surface area contributed by atoms with Gasteiger partial charge in [-0.3, -0.25) is 0 Å². The van der Waals surface area contributed by atoms with Crippen LogP contribution < -0.4 is 14.8 Å². The second-order valence-corrected chi connectivity index (χ2v) is 5.56. The molecule has 0 amide bonds. The van der Waals surface area contributed by atoms with Crippen LogP contribution >= 0.6 is 11.6 Å². The third-order valence-corrected chi connectivity index (χ3v) is 4.07. The number of halogens is 1. The second-order valence-electron chi connectivity index (χ2n) is 5.15. The van der Waals surface area contributed by atoms with E-state index < -0.39 is 0 Å². The Balaban J connectivity index is 1.65. The average Bonchev–Trinajstić information content (AvgIpc) is 2.87. The number of rotatable bonds is 3. The van der Waals surface area contributed by atoms with Crippen LogP contribution in [0, 0.1) is 0 Å². The van der Waals surface area contributed by atoms with Gasteiger partial charge in [-0.2, -0.15) is 0 Å². The standard InChI is InChI=1S/C14H18ClNO3/c15-10-5-9(6-13-14(10)19-8-18-13)7-16-11-3-1-2-4-12(11)17/h5-6,11-12,16-17H,1-4,7-8H2. The summed E-state index contributed by atoms with van der Waals surface area (Å²) in [4.78, 5) is 0. The first-order valence-corrected chi connectivity index (χ1v) is 7.11. The van der Waals surface area contributed by atoms with Crippen LogP contribution in [-0.4, -0.2) is 24.0 Å². The number of fused-ring (bicyclic) bond motifs is 1. The second kappa shape index (κ2) is 5.57. The molecule has 4 nitrogen and oxygen atoms in total. The van der Waals surface area contributed by atoms with Crippen molar-refractivity contribution in [3.8, 4) is 11.5 Å². The summed E-state index contributed by atoms with van der Waals surface area (Å²) >= 11 is 6.14. The molecule has 19 heavy (non-hydrogen) atoms. The summed E-state index contributed by atoms with van der Waals surface area (Å²) in [5.41, 5.74) is 1.05.